The molecule has 0 saturated carbocycles. The van der Waals surface area contributed by atoms with Crippen molar-refractivity contribution in [3.63, 3.8) is 0 Å². The van der Waals surface area contributed by atoms with Gasteiger partial charge in [-0.1, -0.05) is 41.6 Å². The molecule has 0 aliphatic heterocycles. The van der Waals surface area contributed by atoms with Crippen LogP contribution in [0, 0.1) is 6.92 Å². The summed E-state index contributed by atoms with van der Waals surface area (Å²) in [5.74, 6) is -0.504. The largest absolute Gasteiger partial charge is 0.350 e. The van der Waals surface area contributed by atoms with Gasteiger partial charge in [-0.3, -0.25) is 9.59 Å². The van der Waals surface area contributed by atoms with Crippen LogP contribution < -0.4 is 10.6 Å². The first-order valence-corrected chi connectivity index (χ1v) is 8.69. The number of hydrogen-bond acceptors (Lipinski definition) is 4. The number of carbonyl (C=O) groups excluding carboxylic acids is 2. The molecule has 0 fully saturated rings. The van der Waals surface area contributed by atoms with Gasteiger partial charge in [0, 0.05) is 28.9 Å². The van der Waals surface area contributed by atoms with Gasteiger partial charge in [-0.25, -0.2) is 0 Å². The van der Waals surface area contributed by atoms with Crippen LogP contribution in [0.5, 0.6) is 0 Å². The molecule has 0 radical (unpaired) electrons. The van der Waals surface area contributed by atoms with Gasteiger partial charge in [-0.2, -0.15) is 0 Å². The van der Waals surface area contributed by atoms with Crippen molar-refractivity contribution in [2.75, 3.05) is 5.32 Å². The first-order chi connectivity index (χ1) is 12.9. The van der Waals surface area contributed by atoms with Gasteiger partial charge in [0.1, 0.15) is 5.69 Å². The summed E-state index contributed by atoms with van der Waals surface area (Å²) in [5.41, 5.74) is 3.31. The standard InChI is InChI=1S/C21H21N3O3/c1-13(2)22-20(25)17-11-16(10-9-14(17)3)23-21(26)19-12-18(24-27-19)15-7-5-4-6-8-15/h4-13H,1-3H3,(H,22,25)(H,23,26). The van der Waals surface area contributed by atoms with E-state index >= 15 is 0 Å². The molecule has 6 nitrogen and oxygen atoms in total. The van der Waals surface area contributed by atoms with E-state index in [0.717, 1.165) is 11.1 Å². The molecule has 2 amide bonds. The topological polar surface area (TPSA) is 84.2 Å². The van der Waals surface area contributed by atoms with Crippen LogP contribution in [0.2, 0.25) is 0 Å². The van der Waals surface area contributed by atoms with Crippen LogP contribution in [-0.4, -0.2) is 23.0 Å². The second-order valence-electron chi connectivity index (χ2n) is 6.55. The number of carbonyl (C=O) groups is 2. The lowest BCUT2D eigenvalue weighted by Crippen LogP contribution is -2.30. The Balaban J connectivity index is 1.77. The number of hydrogen-bond donors (Lipinski definition) is 2. The predicted molar refractivity (Wildman–Crippen MR) is 104 cm³/mol. The first-order valence-electron chi connectivity index (χ1n) is 8.69. The van der Waals surface area contributed by atoms with Gasteiger partial charge in [0.25, 0.3) is 11.8 Å². The van der Waals surface area contributed by atoms with E-state index in [9.17, 15) is 9.59 Å². The molecule has 0 aliphatic rings. The molecule has 2 aromatic carbocycles. The molecule has 2 N–H and O–H groups in total. The molecule has 0 unspecified atom stereocenters. The third kappa shape index (κ3) is 4.41. The fourth-order valence-electron chi connectivity index (χ4n) is 2.60. The zero-order valence-corrected chi connectivity index (χ0v) is 15.4. The molecule has 6 heteroatoms. The summed E-state index contributed by atoms with van der Waals surface area (Å²) in [6.45, 7) is 5.64. The first kappa shape index (κ1) is 18.4. The lowest BCUT2D eigenvalue weighted by Gasteiger charge is -2.12. The number of aromatic nitrogens is 1. The van der Waals surface area contributed by atoms with Crippen molar-refractivity contribution < 1.29 is 14.1 Å². The Kier molecular flexibility index (Phi) is 5.35. The van der Waals surface area contributed by atoms with Gasteiger partial charge in [-0.05, 0) is 38.5 Å². The number of rotatable bonds is 5. The van der Waals surface area contributed by atoms with E-state index < -0.39 is 5.91 Å². The fourth-order valence-corrected chi connectivity index (χ4v) is 2.60. The average Bonchev–Trinajstić information content (AvgIpc) is 3.14. The molecule has 1 heterocycles. The molecule has 3 aromatic rings. The molecule has 3 rings (SSSR count). The SMILES string of the molecule is Cc1ccc(NC(=O)c2cc(-c3ccccc3)no2)cc1C(=O)NC(C)C. The van der Waals surface area contributed by atoms with Crippen molar-refractivity contribution in [3.8, 4) is 11.3 Å². The minimum absolute atomic E-state index is 0.0285. The summed E-state index contributed by atoms with van der Waals surface area (Å²) in [7, 11) is 0. The Labute approximate surface area is 157 Å². The van der Waals surface area contributed by atoms with Crippen molar-refractivity contribution in [2.24, 2.45) is 0 Å². The molecule has 138 valence electrons. The fraction of sp³-hybridized carbons (Fsp3) is 0.190. The van der Waals surface area contributed by atoms with Crippen LogP contribution in [0.1, 0.15) is 40.3 Å². The maximum atomic E-state index is 12.5. The average molecular weight is 363 g/mol. The molecule has 0 atom stereocenters. The van der Waals surface area contributed by atoms with Gasteiger partial charge in [-0.15, -0.1) is 0 Å². The van der Waals surface area contributed by atoms with E-state index in [0.29, 0.717) is 16.9 Å². The molecule has 0 spiro atoms. The number of aryl methyl sites for hydroxylation is 1. The lowest BCUT2D eigenvalue weighted by atomic mass is 10.1. The normalized spacial score (nSPS) is 10.7. The smallest absolute Gasteiger partial charge is 0.294 e. The Morgan fingerprint density at radius 2 is 1.74 bits per heavy atom. The maximum Gasteiger partial charge on any atom is 0.294 e. The van der Waals surface area contributed by atoms with E-state index in [-0.39, 0.29) is 17.7 Å². The summed E-state index contributed by atoms with van der Waals surface area (Å²) in [6, 6.07) is 16.3. The molecule has 0 aliphatic carbocycles. The van der Waals surface area contributed by atoms with Crippen molar-refractivity contribution >= 4 is 17.5 Å². The molecule has 0 bridgehead atoms. The lowest BCUT2D eigenvalue weighted by molar-refractivity contribution is 0.0940. The highest BCUT2D eigenvalue weighted by molar-refractivity contribution is 6.04. The monoisotopic (exact) mass is 363 g/mol. The van der Waals surface area contributed by atoms with E-state index in [1.807, 2.05) is 51.1 Å². The second kappa shape index (κ2) is 7.86. The van der Waals surface area contributed by atoms with Crippen molar-refractivity contribution in [1.29, 1.82) is 0 Å². The van der Waals surface area contributed by atoms with Crippen molar-refractivity contribution in [1.82, 2.24) is 10.5 Å². The van der Waals surface area contributed by atoms with Gasteiger partial charge in [0.2, 0.25) is 5.76 Å². The number of amides is 2. The highest BCUT2D eigenvalue weighted by Gasteiger charge is 2.16. The Hall–Kier alpha value is -3.41. The summed E-state index contributed by atoms with van der Waals surface area (Å²) in [4.78, 5) is 24.7. The number of benzene rings is 2. The van der Waals surface area contributed by atoms with Crippen LogP contribution in [0.4, 0.5) is 5.69 Å². The Bertz CT molecular complexity index is 962. The van der Waals surface area contributed by atoms with Gasteiger partial charge < -0.3 is 15.2 Å². The number of anilines is 1. The summed E-state index contributed by atoms with van der Waals surface area (Å²) in [6.07, 6.45) is 0. The highest BCUT2D eigenvalue weighted by atomic mass is 16.5. The third-order valence-electron chi connectivity index (χ3n) is 3.96. The quantitative estimate of drug-likeness (QED) is 0.716. The molecule has 0 saturated heterocycles. The highest BCUT2D eigenvalue weighted by Crippen LogP contribution is 2.20. The minimum Gasteiger partial charge on any atom is -0.350 e. The maximum absolute atomic E-state index is 12.5. The predicted octanol–water partition coefficient (Wildman–Crippen LogP) is 4.04. The summed E-state index contributed by atoms with van der Waals surface area (Å²) in [5, 5.41) is 9.54. The molecular formula is C21H21N3O3. The second-order valence-corrected chi connectivity index (χ2v) is 6.55. The van der Waals surface area contributed by atoms with Crippen molar-refractivity contribution in [3.05, 3.63) is 71.5 Å². The van der Waals surface area contributed by atoms with Crippen LogP contribution in [0.3, 0.4) is 0 Å². The van der Waals surface area contributed by atoms with Crippen LogP contribution in [-0.2, 0) is 0 Å². The zero-order chi connectivity index (χ0) is 19.4. The summed E-state index contributed by atoms with van der Waals surface area (Å²) >= 11 is 0. The van der Waals surface area contributed by atoms with E-state index in [2.05, 4.69) is 15.8 Å². The third-order valence-corrected chi connectivity index (χ3v) is 3.96. The van der Waals surface area contributed by atoms with Gasteiger partial charge >= 0.3 is 0 Å². The van der Waals surface area contributed by atoms with Gasteiger partial charge in [0.05, 0.1) is 0 Å². The number of nitrogens with zero attached hydrogens (tertiary/aromatic N) is 1. The van der Waals surface area contributed by atoms with E-state index in [1.165, 1.54) is 0 Å². The Morgan fingerprint density at radius 1 is 1.00 bits per heavy atom. The zero-order valence-electron chi connectivity index (χ0n) is 15.4. The van der Waals surface area contributed by atoms with Crippen LogP contribution >= 0.6 is 0 Å². The minimum atomic E-state index is -0.427. The number of nitrogens with one attached hydrogen (secondary N) is 2. The van der Waals surface area contributed by atoms with Crippen LogP contribution in [0.25, 0.3) is 11.3 Å². The molecule has 1 aromatic heterocycles. The molecule has 27 heavy (non-hydrogen) atoms. The summed E-state index contributed by atoms with van der Waals surface area (Å²) < 4.78 is 5.17. The van der Waals surface area contributed by atoms with E-state index in [1.54, 1.807) is 24.3 Å². The molecular weight excluding hydrogens is 342 g/mol. The van der Waals surface area contributed by atoms with Gasteiger partial charge in [0.15, 0.2) is 0 Å². The van der Waals surface area contributed by atoms with Crippen LogP contribution in [0.15, 0.2) is 59.1 Å². The van der Waals surface area contributed by atoms with E-state index in [4.69, 9.17) is 4.52 Å². The Morgan fingerprint density at radius 3 is 2.44 bits per heavy atom. The van der Waals surface area contributed by atoms with Crippen molar-refractivity contribution in [2.45, 2.75) is 26.8 Å².